The first-order chi connectivity index (χ1) is 11.1. The number of aryl methyl sites for hydroxylation is 2. The Bertz CT molecular complexity index is 600. The van der Waals surface area contributed by atoms with E-state index >= 15 is 0 Å². The molecule has 1 aromatic rings. The number of nitrogens with one attached hydrogen (secondary N) is 1. The molecule has 2 heterocycles. The van der Waals surface area contributed by atoms with Crippen LogP contribution in [-0.4, -0.2) is 42.5 Å². The van der Waals surface area contributed by atoms with Crippen LogP contribution in [0.3, 0.4) is 0 Å². The van der Waals surface area contributed by atoms with Gasteiger partial charge in [0.1, 0.15) is 4.88 Å². The van der Waals surface area contributed by atoms with Crippen LogP contribution in [0.1, 0.15) is 45.8 Å². The number of ether oxygens (including phenoxy) is 1. The van der Waals surface area contributed by atoms with Crippen molar-refractivity contribution in [2.24, 2.45) is 0 Å². The Morgan fingerprint density at radius 1 is 1.22 bits per heavy atom. The number of esters is 1. The number of fused-ring (bicyclic) bond motifs is 1. The van der Waals surface area contributed by atoms with Crippen LogP contribution in [0, 0.1) is 0 Å². The lowest BCUT2D eigenvalue weighted by atomic mass is 10.00. The first kappa shape index (κ1) is 16.0. The van der Waals surface area contributed by atoms with Crippen molar-refractivity contribution in [2.45, 2.75) is 38.5 Å². The molecule has 3 amide bonds. The zero-order valence-electron chi connectivity index (χ0n) is 12.9. The summed E-state index contributed by atoms with van der Waals surface area (Å²) in [5, 5.41) is 2.54. The number of hydrogen-bond donors (Lipinski definition) is 1. The van der Waals surface area contributed by atoms with E-state index in [2.05, 4.69) is 5.32 Å². The average molecular weight is 336 g/mol. The SMILES string of the molecule is O=C(OCC(=O)N1CCNC1=O)c1cc2c(s1)CCCCCC2. The molecule has 0 bridgehead atoms. The van der Waals surface area contributed by atoms with Gasteiger partial charge in [-0.25, -0.2) is 9.59 Å². The van der Waals surface area contributed by atoms with E-state index in [0.717, 1.165) is 30.6 Å². The first-order valence-corrected chi connectivity index (χ1v) is 8.83. The van der Waals surface area contributed by atoms with E-state index in [-0.39, 0.29) is 0 Å². The van der Waals surface area contributed by atoms with Crippen LogP contribution in [0.2, 0.25) is 0 Å². The van der Waals surface area contributed by atoms with Gasteiger partial charge in [0.25, 0.3) is 5.91 Å². The Labute approximate surface area is 138 Å². The molecule has 6 nitrogen and oxygen atoms in total. The Morgan fingerprint density at radius 3 is 2.74 bits per heavy atom. The van der Waals surface area contributed by atoms with Crippen molar-refractivity contribution < 1.29 is 19.1 Å². The maximum absolute atomic E-state index is 12.2. The van der Waals surface area contributed by atoms with Crippen molar-refractivity contribution in [1.29, 1.82) is 0 Å². The van der Waals surface area contributed by atoms with Crippen molar-refractivity contribution in [2.75, 3.05) is 19.7 Å². The molecule has 1 aliphatic heterocycles. The van der Waals surface area contributed by atoms with Crippen molar-refractivity contribution >= 4 is 29.2 Å². The van der Waals surface area contributed by atoms with E-state index in [1.807, 2.05) is 6.07 Å². The highest BCUT2D eigenvalue weighted by Gasteiger charge is 2.27. The summed E-state index contributed by atoms with van der Waals surface area (Å²) in [6.07, 6.45) is 6.81. The Kier molecular flexibility index (Phi) is 4.95. The van der Waals surface area contributed by atoms with E-state index in [4.69, 9.17) is 4.74 Å². The summed E-state index contributed by atoms with van der Waals surface area (Å²) in [7, 11) is 0. The van der Waals surface area contributed by atoms with Gasteiger partial charge in [-0.3, -0.25) is 9.69 Å². The summed E-state index contributed by atoms with van der Waals surface area (Å²) in [6, 6.07) is 1.48. The van der Waals surface area contributed by atoms with Gasteiger partial charge in [0.05, 0.1) is 0 Å². The second kappa shape index (κ2) is 7.12. The van der Waals surface area contributed by atoms with E-state index in [1.165, 1.54) is 34.6 Å². The van der Waals surface area contributed by atoms with Gasteiger partial charge in [-0.15, -0.1) is 11.3 Å². The molecule has 3 rings (SSSR count). The Morgan fingerprint density at radius 2 is 2.00 bits per heavy atom. The van der Waals surface area contributed by atoms with Crippen LogP contribution in [-0.2, 0) is 22.4 Å². The van der Waals surface area contributed by atoms with Gasteiger partial charge in [-0.1, -0.05) is 12.8 Å². The molecule has 7 heteroatoms. The maximum atomic E-state index is 12.2. The number of carbonyl (C=O) groups excluding carboxylic acids is 3. The molecule has 1 aromatic heterocycles. The molecule has 23 heavy (non-hydrogen) atoms. The van der Waals surface area contributed by atoms with Gasteiger partial charge >= 0.3 is 12.0 Å². The van der Waals surface area contributed by atoms with E-state index < -0.39 is 24.5 Å². The minimum Gasteiger partial charge on any atom is -0.451 e. The van der Waals surface area contributed by atoms with Gasteiger partial charge in [0.2, 0.25) is 0 Å². The quantitative estimate of drug-likeness (QED) is 0.858. The lowest BCUT2D eigenvalue weighted by molar-refractivity contribution is -0.130. The van der Waals surface area contributed by atoms with E-state index in [1.54, 1.807) is 0 Å². The highest BCUT2D eigenvalue weighted by atomic mass is 32.1. The summed E-state index contributed by atoms with van der Waals surface area (Å²) in [6.45, 7) is 0.369. The van der Waals surface area contributed by atoms with Crippen LogP contribution in [0.4, 0.5) is 4.79 Å². The minimum absolute atomic E-state index is 0.322. The summed E-state index contributed by atoms with van der Waals surface area (Å²) in [5.41, 5.74) is 1.24. The van der Waals surface area contributed by atoms with E-state index in [9.17, 15) is 14.4 Å². The highest BCUT2D eigenvalue weighted by molar-refractivity contribution is 7.14. The van der Waals surface area contributed by atoms with Crippen molar-refractivity contribution in [1.82, 2.24) is 10.2 Å². The van der Waals surface area contributed by atoms with Crippen LogP contribution in [0.25, 0.3) is 0 Å². The highest BCUT2D eigenvalue weighted by Crippen LogP contribution is 2.28. The standard InChI is InChI=1S/C16H20N2O4S/c19-14(18-8-7-17-16(18)21)10-22-15(20)13-9-11-5-3-1-2-4-6-12(11)23-13/h9H,1-8,10H2,(H,17,21). The van der Waals surface area contributed by atoms with E-state index in [0.29, 0.717) is 18.0 Å². The molecule has 1 fully saturated rings. The number of carbonyl (C=O) groups is 3. The van der Waals surface area contributed by atoms with Crippen molar-refractivity contribution in [3.05, 3.63) is 21.4 Å². The Hall–Kier alpha value is -1.89. The van der Waals surface area contributed by atoms with Crippen LogP contribution >= 0.6 is 11.3 Å². The summed E-state index contributed by atoms with van der Waals surface area (Å²) < 4.78 is 5.09. The molecule has 0 atom stereocenters. The number of thiophene rings is 1. The Balaban J connectivity index is 1.59. The second-order valence-corrected chi connectivity index (χ2v) is 6.96. The predicted octanol–water partition coefficient (Wildman–Crippen LogP) is 2.12. The van der Waals surface area contributed by atoms with Gasteiger partial charge in [0.15, 0.2) is 6.61 Å². The van der Waals surface area contributed by atoms with Gasteiger partial charge in [0, 0.05) is 18.0 Å². The van der Waals surface area contributed by atoms with Crippen LogP contribution in [0.15, 0.2) is 6.07 Å². The zero-order chi connectivity index (χ0) is 16.2. The monoisotopic (exact) mass is 336 g/mol. The molecule has 0 saturated carbocycles. The van der Waals surface area contributed by atoms with Crippen LogP contribution < -0.4 is 5.32 Å². The van der Waals surface area contributed by atoms with Gasteiger partial charge < -0.3 is 10.1 Å². The maximum Gasteiger partial charge on any atom is 0.348 e. The third kappa shape index (κ3) is 3.72. The molecular weight excluding hydrogens is 316 g/mol. The molecule has 1 saturated heterocycles. The third-order valence-corrected chi connectivity index (χ3v) is 5.40. The number of imide groups is 1. The summed E-state index contributed by atoms with van der Waals surface area (Å²) >= 11 is 1.47. The van der Waals surface area contributed by atoms with Gasteiger partial charge in [-0.05, 0) is 37.3 Å². The molecule has 0 spiro atoms. The third-order valence-electron chi connectivity index (χ3n) is 4.18. The van der Waals surface area contributed by atoms with Gasteiger partial charge in [-0.2, -0.15) is 0 Å². The number of nitrogens with zero attached hydrogens (tertiary/aromatic N) is 1. The fraction of sp³-hybridized carbons (Fsp3) is 0.562. The van der Waals surface area contributed by atoms with Crippen LogP contribution in [0.5, 0.6) is 0 Å². The number of amides is 3. The zero-order valence-corrected chi connectivity index (χ0v) is 13.7. The molecule has 0 aromatic carbocycles. The largest absolute Gasteiger partial charge is 0.451 e. The topological polar surface area (TPSA) is 75.7 Å². The lowest BCUT2D eigenvalue weighted by Gasteiger charge is -2.11. The minimum atomic E-state index is -0.483. The molecule has 1 aliphatic carbocycles. The summed E-state index contributed by atoms with van der Waals surface area (Å²) in [4.78, 5) is 38.3. The lowest BCUT2D eigenvalue weighted by Crippen LogP contribution is -2.37. The number of rotatable bonds is 3. The summed E-state index contributed by atoms with van der Waals surface area (Å²) in [5.74, 6) is -0.960. The smallest absolute Gasteiger partial charge is 0.348 e. The second-order valence-electron chi connectivity index (χ2n) is 5.83. The molecule has 0 unspecified atom stereocenters. The number of urea groups is 1. The molecule has 0 radical (unpaired) electrons. The first-order valence-electron chi connectivity index (χ1n) is 8.02. The number of hydrogen-bond acceptors (Lipinski definition) is 5. The molecule has 124 valence electrons. The van der Waals surface area contributed by atoms with Crippen molar-refractivity contribution in [3.8, 4) is 0 Å². The molecule has 2 aliphatic rings. The van der Waals surface area contributed by atoms with Crippen molar-refractivity contribution in [3.63, 3.8) is 0 Å². The molecule has 1 N–H and O–H groups in total. The fourth-order valence-corrected chi connectivity index (χ4v) is 4.08. The average Bonchev–Trinajstić information content (AvgIpc) is 3.11. The predicted molar refractivity (Wildman–Crippen MR) is 85.6 cm³/mol. The fourth-order valence-electron chi connectivity index (χ4n) is 2.93. The molecular formula is C16H20N2O4S. The normalized spacial score (nSPS) is 17.9.